The second kappa shape index (κ2) is 5.02. The average Bonchev–Trinajstić information content (AvgIpc) is 3.11. The number of rotatable bonds is 3. The van der Waals surface area contributed by atoms with Crippen LogP contribution in [0.3, 0.4) is 0 Å². The Hall–Kier alpha value is -2.67. The van der Waals surface area contributed by atoms with E-state index < -0.39 is 12.1 Å². The van der Waals surface area contributed by atoms with Crippen molar-refractivity contribution in [2.24, 2.45) is 7.05 Å². The van der Waals surface area contributed by atoms with Gasteiger partial charge in [-0.05, 0) is 18.2 Å². The van der Waals surface area contributed by atoms with Gasteiger partial charge in [0, 0.05) is 19.4 Å². The molecule has 7 heteroatoms. The number of aromatic nitrogens is 4. The summed E-state index contributed by atoms with van der Waals surface area (Å²) in [4.78, 5) is 18.9. The summed E-state index contributed by atoms with van der Waals surface area (Å²) >= 11 is 0. The number of esters is 1. The van der Waals surface area contributed by atoms with Crippen molar-refractivity contribution in [2.45, 2.75) is 6.10 Å². The lowest BCUT2D eigenvalue weighted by Crippen LogP contribution is -2.03. The first-order valence-corrected chi connectivity index (χ1v) is 6.33. The highest BCUT2D eigenvalue weighted by Crippen LogP contribution is 2.25. The molecule has 0 aliphatic carbocycles. The predicted octanol–water partition coefficient (Wildman–Crippen LogP) is 1.16. The summed E-state index contributed by atoms with van der Waals surface area (Å²) in [5.74, 6) is -0.455. The minimum absolute atomic E-state index is 0.377. The standard InChI is InChI=1S/C14H14N4O3/c1-18-6-4-9(17-18)13(19)11-7-10-12(16-11)8(3-5-15-10)14(20)21-2/h3-7,13,16,19H,1-2H3. The molecule has 0 aromatic carbocycles. The van der Waals surface area contributed by atoms with Crippen molar-refractivity contribution < 1.29 is 14.6 Å². The molecule has 3 aromatic heterocycles. The van der Waals surface area contributed by atoms with Crippen molar-refractivity contribution in [2.75, 3.05) is 7.11 Å². The molecule has 0 fully saturated rings. The molecule has 1 unspecified atom stereocenters. The van der Waals surface area contributed by atoms with Crippen molar-refractivity contribution in [1.82, 2.24) is 19.7 Å². The minimum atomic E-state index is -0.911. The van der Waals surface area contributed by atoms with E-state index in [-0.39, 0.29) is 0 Å². The zero-order valence-corrected chi connectivity index (χ0v) is 11.6. The summed E-state index contributed by atoms with van der Waals surface area (Å²) < 4.78 is 6.35. The van der Waals surface area contributed by atoms with Crippen LogP contribution in [0.4, 0.5) is 0 Å². The van der Waals surface area contributed by atoms with Gasteiger partial charge in [-0.15, -0.1) is 0 Å². The van der Waals surface area contributed by atoms with Gasteiger partial charge in [0.05, 0.1) is 35.1 Å². The van der Waals surface area contributed by atoms with E-state index in [0.717, 1.165) is 0 Å². The van der Waals surface area contributed by atoms with E-state index in [0.29, 0.717) is 28.0 Å². The lowest BCUT2D eigenvalue weighted by atomic mass is 10.2. The fourth-order valence-corrected chi connectivity index (χ4v) is 2.21. The number of pyridine rings is 1. The molecule has 0 aliphatic heterocycles. The van der Waals surface area contributed by atoms with Crippen LogP contribution in [0.2, 0.25) is 0 Å². The van der Waals surface area contributed by atoms with Crippen LogP contribution in [0, 0.1) is 0 Å². The molecule has 0 saturated carbocycles. The molecule has 3 rings (SSSR count). The Balaban J connectivity index is 2.07. The number of hydrogen-bond acceptors (Lipinski definition) is 5. The molecule has 0 spiro atoms. The van der Waals surface area contributed by atoms with Gasteiger partial charge in [0.25, 0.3) is 0 Å². The van der Waals surface area contributed by atoms with E-state index in [1.165, 1.54) is 13.3 Å². The molecule has 0 amide bonds. The van der Waals surface area contributed by atoms with Gasteiger partial charge in [-0.25, -0.2) is 4.79 Å². The number of ether oxygens (including phenoxy) is 1. The Bertz CT molecular complexity index is 806. The fraction of sp³-hybridized carbons (Fsp3) is 0.214. The van der Waals surface area contributed by atoms with Gasteiger partial charge < -0.3 is 14.8 Å². The molecule has 3 heterocycles. The number of aromatic amines is 1. The maximum absolute atomic E-state index is 11.7. The molecule has 0 bridgehead atoms. The number of nitrogens with one attached hydrogen (secondary N) is 1. The average molecular weight is 286 g/mol. The topological polar surface area (TPSA) is 93.0 Å². The van der Waals surface area contributed by atoms with E-state index in [9.17, 15) is 9.90 Å². The summed E-state index contributed by atoms with van der Waals surface area (Å²) in [5, 5.41) is 14.5. The van der Waals surface area contributed by atoms with Gasteiger partial charge in [-0.3, -0.25) is 9.67 Å². The predicted molar refractivity (Wildman–Crippen MR) is 74.7 cm³/mol. The van der Waals surface area contributed by atoms with Crippen LogP contribution in [-0.4, -0.2) is 37.9 Å². The first-order valence-electron chi connectivity index (χ1n) is 6.33. The quantitative estimate of drug-likeness (QED) is 0.705. The molecular formula is C14H14N4O3. The van der Waals surface area contributed by atoms with E-state index >= 15 is 0 Å². The molecule has 7 nitrogen and oxygen atoms in total. The molecule has 1 atom stereocenters. The number of methoxy groups -OCH3 is 1. The third kappa shape index (κ3) is 2.27. The molecule has 2 N–H and O–H groups in total. The van der Waals surface area contributed by atoms with Crippen molar-refractivity contribution >= 4 is 17.0 Å². The minimum Gasteiger partial charge on any atom is -0.465 e. The van der Waals surface area contributed by atoms with E-state index in [4.69, 9.17) is 4.74 Å². The maximum atomic E-state index is 11.7. The fourth-order valence-electron chi connectivity index (χ4n) is 2.21. The number of fused-ring (bicyclic) bond motifs is 1. The van der Waals surface area contributed by atoms with Crippen LogP contribution >= 0.6 is 0 Å². The van der Waals surface area contributed by atoms with E-state index in [2.05, 4.69) is 15.1 Å². The highest BCUT2D eigenvalue weighted by molar-refractivity contribution is 6.01. The SMILES string of the molecule is COC(=O)c1ccnc2cc(C(O)c3ccn(C)n3)[nH]c12. The Morgan fingerprint density at radius 2 is 2.29 bits per heavy atom. The van der Waals surface area contributed by atoms with Crippen LogP contribution in [0.15, 0.2) is 30.6 Å². The number of H-pyrrole nitrogens is 1. The Morgan fingerprint density at radius 1 is 1.48 bits per heavy atom. The molecule has 21 heavy (non-hydrogen) atoms. The highest BCUT2D eigenvalue weighted by atomic mass is 16.5. The number of aryl methyl sites for hydroxylation is 1. The van der Waals surface area contributed by atoms with Gasteiger partial charge in [0.2, 0.25) is 0 Å². The molecule has 0 aliphatic rings. The second-order valence-corrected chi connectivity index (χ2v) is 4.65. The summed E-state index contributed by atoms with van der Waals surface area (Å²) in [6, 6.07) is 4.99. The van der Waals surface area contributed by atoms with Crippen molar-refractivity contribution in [3.8, 4) is 0 Å². The number of carbonyl (C=O) groups is 1. The van der Waals surface area contributed by atoms with E-state index in [1.54, 1.807) is 36.1 Å². The summed E-state index contributed by atoms with van der Waals surface area (Å²) in [6.45, 7) is 0. The number of aliphatic hydroxyl groups excluding tert-OH is 1. The lowest BCUT2D eigenvalue weighted by Gasteiger charge is -2.04. The normalized spacial score (nSPS) is 12.5. The lowest BCUT2D eigenvalue weighted by molar-refractivity contribution is 0.0602. The number of hydrogen-bond donors (Lipinski definition) is 2. The zero-order valence-electron chi connectivity index (χ0n) is 11.6. The Labute approximate surface area is 120 Å². The molecule has 0 saturated heterocycles. The highest BCUT2D eigenvalue weighted by Gasteiger charge is 2.19. The van der Waals surface area contributed by atoms with Crippen LogP contribution < -0.4 is 0 Å². The zero-order chi connectivity index (χ0) is 15.0. The van der Waals surface area contributed by atoms with Gasteiger partial charge in [0.15, 0.2) is 0 Å². The smallest absolute Gasteiger partial charge is 0.340 e. The first-order chi connectivity index (χ1) is 10.1. The third-order valence-electron chi connectivity index (χ3n) is 3.26. The number of nitrogens with zero attached hydrogens (tertiary/aromatic N) is 3. The van der Waals surface area contributed by atoms with Crippen molar-refractivity contribution in [3.63, 3.8) is 0 Å². The number of aliphatic hydroxyl groups is 1. The van der Waals surface area contributed by atoms with E-state index in [1.807, 2.05) is 0 Å². The Morgan fingerprint density at radius 3 is 2.95 bits per heavy atom. The van der Waals surface area contributed by atoms with Gasteiger partial charge in [0.1, 0.15) is 6.10 Å². The summed E-state index contributed by atoms with van der Waals surface area (Å²) in [5.41, 5.74) is 2.54. The van der Waals surface area contributed by atoms with Crippen LogP contribution in [0.5, 0.6) is 0 Å². The molecule has 0 radical (unpaired) electrons. The summed E-state index contributed by atoms with van der Waals surface area (Å²) in [6.07, 6.45) is 2.37. The monoisotopic (exact) mass is 286 g/mol. The Kier molecular flexibility index (Phi) is 3.19. The largest absolute Gasteiger partial charge is 0.465 e. The van der Waals surface area contributed by atoms with Crippen molar-refractivity contribution in [3.05, 3.63) is 47.5 Å². The van der Waals surface area contributed by atoms with Crippen LogP contribution in [-0.2, 0) is 11.8 Å². The second-order valence-electron chi connectivity index (χ2n) is 4.65. The molecular weight excluding hydrogens is 272 g/mol. The summed E-state index contributed by atoms with van der Waals surface area (Å²) in [7, 11) is 3.10. The van der Waals surface area contributed by atoms with Gasteiger partial charge >= 0.3 is 5.97 Å². The van der Waals surface area contributed by atoms with Crippen molar-refractivity contribution in [1.29, 1.82) is 0 Å². The molecule has 3 aromatic rings. The maximum Gasteiger partial charge on any atom is 0.340 e. The third-order valence-corrected chi connectivity index (χ3v) is 3.26. The molecule has 108 valence electrons. The van der Waals surface area contributed by atoms with Crippen LogP contribution in [0.25, 0.3) is 11.0 Å². The van der Waals surface area contributed by atoms with Gasteiger partial charge in [-0.2, -0.15) is 5.10 Å². The number of carbonyl (C=O) groups excluding carboxylic acids is 1. The van der Waals surface area contributed by atoms with Gasteiger partial charge in [-0.1, -0.05) is 0 Å². The van der Waals surface area contributed by atoms with Crippen LogP contribution in [0.1, 0.15) is 27.8 Å². The first kappa shape index (κ1) is 13.3.